The minimum atomic E-state index is -0.0741. The third-order valence-corrected chi connectivity index (χ3v) is 5.10. The maximum absolute atomic E-state index is 12.3. The minimum absolute atomic E-state index is 0.0527. The molecule has 0 saturated heterocycles. The fraction of sp³-hybridized carbons (Fsp3) is 0.273. The molecule has 0 bridgehead atoms. The van der Waals surface area contributed by atoms with Gasteiger partial charge in [0.05, 0.1) is 12.2 Å². The Bertz CT molecular complexity index is 931. The van der Waals surface area contributed by atoms with Crippen molar-refractivity contribution in [1.82, 2.24) is 20.4 Å². The van der Waals surface area contributed by atoms with Crippen LogP contribution in [0.3, 0.4) is 0 Å². The zero-order valence-corrected chi connectivity index (χ0v) is 15.6. The highest BCUT2D eigenvalue weighted by atomic mass is 16.2. The summed E-state index contributed by atoms with van der Waals surface area (Å²) in [6.07, 6.45) is -0.0527. The first-order valence-electron chi connectivity index (χ1n) is 9.35. The molecule has 0 fully saturated rings. The molecular weight excluding hydrogens is 336 g/mol. The lowest BCUT2D eigenvalue weighted by Gasteiger charge is -2.27. The van der Waals surface area contributed by atoms with Crippen molar-refractivity contribution in [3.8, 4) is 11.3 Å². The third kappa shape index (κ3) is 3.64. The molecule has 2 heterocycles. The predicted molar refractivity (Wildman–Crippen MR) is 107 cm³/mol. The molecule has 0 radical (unpaired) electrons. The molecule has 0 aliphatic carbocycles. The molecule has 2 aromatic carbocycles. The van der Waals surface area contributed by atoms with Gasteiger partial charge in [0, 0.05) is 12.1 Å². The summed E-state index contributed by atoms with van der Waals surface area (Å²) in [5, 5.41) is 11.2. The van der Waals surface area contributed by atoms with Crippen molar-refractivity contribution in [2.24, 2.45) is 0 Å². The molecule has 2 atom stereocenters. The first-order valence-corrected chi connectivity index (χ1v) is 9.35. The Labute approximate surface area is 159 Å². The van der Waals surface area contributed by atoms with E-state index in [1.165, 1.54) is 11.1 Å². The Hall–Kier alpha value is -2.92. The smallest absolute Gasteiger partial charge is 0.269 e. The summed E-state index contributed by atoms with van der Waals surface area (Å²) in [7, 11) is 0. The lowest BCUT2D eigenvalue weighted by atomic mass is 10.0. The second-order valence-electron chi connectivity index (χ2n) is 7.17. The normalized spacial score (nSPS) is 17.3. The third-order valence-electron chi connectivity index (χ3n) is 5.10. The number of carbonyl (C=O) groups excluding carboxylic acids is 1. The van der Waals surface area contributed by atoms with Crippen LogP contribution in [0.25, 0.3) is 11.3 Å². The van der Waals surface area contributed by atoms with Gasteiger partial charge in [-0.15, -0.1) is 0 Å². The van der Waals surface area contributed by atoms with Crippen molar-refractivity contribution in [2.45, 2.75) is 25.9 Å². The average molecular weight is 360 g/mol. The Balaban J connectivity index is 1.54. The van der Waals surface area contributed by atoms with E-state index in [2.05, 4.69) is 60.9 Å². The van der Waals surface area contributed by atoms with E-state index in [-0.39, 0.29) is 12.1 Å². The number of hydrogen-bond donors (Lipinski definition) is 2. The largest absolute Gasteiger partial charge is 0.347 e. The van der Waals surface area contributed by atoms with Gasteiger partial charge in [-0.1, -0.05) is 67.1 Å². The van der Waals surface area contributed by atoms with Crippen LogP contribution in [0, 0.1) is 6.92 Å². The quantitative estimate of drug-likeness (QED) is 0.732. The highest BCUT2D eigenvalue weighted by Crippen LogP contribution is 2.23. The van der Waals surface area contributed by atoms with Gasteiger partial charge in [-0.05, 0) is 24.5 Å². The topological polar surface area (TPSA) is 59.0 Å². The zero-order chi connectivity index (χ0) is 18.8. The summed E-state index contributed by atoms with van der Waals surface area (Å²) in [4.78, 5) is 12.3. The fourth-order valence-corrected chi connectivity index (χ4v) is 3.40. The summed E-state index contributed by atoms with van der Waals surface area (Å²) in [6, 6.07) is 20.5. The zero-order valence-electron chi connectivity index (χ0n) is 15.6. The highest BCUT2D eigenvalue weighted by Gasteiger charge is 2.27. The van der Waals surface area contributed by atoms with Gasteiger partial charge in [-0.2, -0.15) is 5.10 Å². The fourth-order valence-electron chi connectivity index (χ4n) is 3.40. The number of rotatable bonds is 5. The molecule has 1 aliphatic rings. The van der Waals surface area contributed by atoms with Crippen LogP contribution in [0.1, 0.15) is 40.6 Å². The maximum atomic E-state index is 12.3. The Morgan fingerprint density at radius 1 is 1.19 bits per heavy atom. The van der Waals surface area contributed by atoms with Crippen LogP contribution in [0.5, 0.6) is 0 Å². The summed E-state index contributed by atoms with van der Waals surface area (Å²) < 4.78 is 1.83. The van der Waals surface area contributed by atoms with Gasteiger partial charge in [-0.25, -0.2) is 4.68 Å². The van der Waals surface area contributed by atoms with Gasteiger partial charge in [0.15, 0.2) is 0 Å². The van der Waals surface area contributed by atoms with E-state index in [0.29, 0.717) is 18.2 Å². The molecule has 1 aromatic heterocycles. The molecule has 1 aliphatic heterocycles. The summed E-state index contributed by atoms with van der Waals surface area (Å²) >= 11 is 0. The molecule has 5 heteroatoms. The number of nitrogens with zero attached hydrogens (tertiary/aromatic N) is 2. The Morgan fingerprint density at radius 3 is 2.67 bits per heavy atom. The summed E-state index contributed by atoms with van der Waals surface area (Å²) in [5.41, 5.74) is 4.94. The van der Waals surface area contributed by atoms with Gasteiger partial charge < -0.3 is 5.32 Å². The van der Waals surface area contributed by atoms with Crippen molar-refractivity contribution in [3.63, 3.8) is 0 Å². The molecule has 138 valence electrons. The molecule has 3 aromatic rings. The van der Waals surface area contributed by atoms with Crippen molar-refractivity contribution in [1.29, 1.82) is 0 Å². The van der Waals surface area contributed by atoms with Crippen LogP contribution in [-0.4, -0.2) is 28.8 Å². The number of nitrogens with one attached hydrogen (secondary N) is 2. The molecule has 27 heavy (non-hydrogen) atoms. The lowest BCUT2D eigenvalue weighted by molar-refractivity contribution is 0.0900. The second kappa shape index (κ2) is 7.37. The number of aromatic nitrogens is 2. The summed E-state index contributed by atoms with van der Waals surface area (Å²) in [6.45, 7) is 5.60. The number of benzene rings is 2. The molecule has 5 nitrogen and oxygen atoms in total. The second-order valence-corrected chi connectivity index (χ2v) is 7.17. The van der Waals surface area contributed by atoms with Crippen LogP contribution in [0.2, 0.25) is 0 Å². The van der Waals surface area contributed by atoms with E-state index in [4.69, 9.17) is 5.10 Å². The molecule has 2 N–H and O–H groups in total. The van der Waals surface area contributed by atoms with Crippen LogP contribution >= 0.6 is 0 Å². The standard InChI is InChI=1S/C22H24N4O/c1-15-8-10-18(11-9-15)19-12-20-22(27)24-14-21(26(20)25-19)23-13-16(2)17-6-4-3-5-7-17/h3-12,16,21,23H,13-14H2,1-2H3,(H,24,27)/t16-,21+/m0/s1. The van der Waals surface area contributed by atoms with Gasteiger partial charge in [0.2, 0.25) is 0 Å². The highest BCUT2D eigenvalue weighted by molar-refractivity contribution is 5.94. The predicted octanol–water partition coefficient (Wildman–Crippen LogP) is 3.49. The molecule has 4 rings (SSSR count). The van der Waals surface area contributed by atoms with Crippen molar-refractivity contribution in [2.75, 3.05) is 13.1 Å². The van der Waals surface area contributed by atoms with Gasteiger partial charge in [-0.3, -0.25) is 10.1 Å². The van der Waals surface area contributed by atoms with E-state index >= 15 is 0 Å². The van der Waals surface area contributed by atoms with Crippen LogP contribution in [0.4, 0.5) is 0 Å². The number of aryl methyl sites for hydroxylation is 1. The van der Waals surface area contributed by atoms with Crippen molar-refractivity contribution < 1.29 is 4.79 Å². The van der Waals surface area contributed by atoms with Crippen molar-refractivity contribution >= 4 is 5.91 Å². The molecule has 0 unspecified atom stereocenters. The van der Waals surface area contributed by atoms with Crippen LogP contribution in [-0.2, 0) is 0 Å². The number of fused-ring (bicyclic) bond motifs is 1. The monoisotopic (exact) mass is 360 g/mol. The van der Waals surface area contributed by atoms with E-state index in [1.807, 2.05) is 28.9 Å². The SMILES string of the molecule is Cc1ccc(-c2cc3n(n2)[C@@H](NC[C@H](C)c2ccccc2)CNC3=O)cc1. The molecule has 1 amide bonds. The van der Waals surface area contributed by atoms with Gasteiger partial charge >= 0.3 is 0 Å². The lowest BCUT2D eigenvalue weighted by Crippen LogP contribution is -2.46. The minimum Gasteiger partial charge on any atom is -0.347 e. The van der Waals surface area contributed by atoms with E-state index in [9.17, 15) is 4.79 Å². The molecule has 0 spiro atoms. The van der Waals surface area contributed by atoms with Crippen LogP contribution in [0.15, 0.2) is 60.7 Å². The first-order chi connectivity index (χ1) is 13.1. The molecule has 0 saturated carbocycles. The van der Waals surface area contributed by atoms with E-state index in [1.54, 1.807) is 0 Å². The van der Waals surface area contributed by atoms with Gasteiger partial charge in [0.1, 0.15) is 11.9 Å². The Morgan fingerprint density at radius 2 is 1.93 bits per heavy atom. The maximum Gasteiger partial charge on any atom is 0.269 e. The van der Waals surface area contributed by atoms with Gasteiger partial charge in [0.25, 0.3) is 5.91 Å². The van der Waals surface area contributed by atoms with Crippen molar-refractivity contribution in [3.05, 3.63) is 77.5 Å². The van der Waals surface area contributed by atoms with E-state index < -0.39 is 0 Å². The Kier molecular flexibility index (Phi) is 4.77. The number of amides is 1. The summed E-state index contributed by atoms with van der Waals surface area (Å²) in [5.74, 6) is 0.300. The number of carbonyl (C=O) groups is 1. The number of hydrogen-bond acceptors (Lipinski definition) is 3. The van der Waals surface area contributed by atoms with E-state index in [0.717, 1.165) is 17.8 Å². The first kappa shape index (κ1) is 17.5. The van der Waals surface area contributed by atoms with Crippen LogP contribution < -0.4 is 10.6 Å². The molecular formula is C22H24N4O. The average Bonchev–Trinajstić information content (AvgIpc) is 3.15.